The Hall–Kier alpha value is -0.990. The summed E-state index contributed by atoms with van der Waals surface area (Å²) in [6.45, 7) is 2.02. The Morgan fingerprint density at radius 1 is 1.67 bits per heavy atom. The molecule has 2 atom stereocenters. The molecule has 6 nitrogen and oxygen atoms in total. The number of thiazole rings is 1. The van der Waals surface area contributed by atoms with E-state index in [2.05, 4.69) is 14.4 Å². The van der Waals surface area contributed by atoms with Crippen molar-refractivity contribution in [3.63, 3.8) is 0 Å². The summed E-state index contributed by atoms with van der Waals surface area (Å²) in [4.78, 5) is 15.1. The first-order valence-electron chi connectivity index (χ1n) is 5.53. The number of aromatic nitrogens is 1. The Kier molecular flexibility index (Phi) is 3.69. The molecule has 0 aliphatic heterocycles. The molecule has 0 spiro atoms. The van der Waals surface area contributed by atoms with Crippen LogP contribution in [0.2, 0.25) is 0 Å². The van der Waals surface area contributed by atoms with Crippen molar-refractivity contribution in [2.75, 3.05) is 7.11 Å². The molecule has 1 N–H and O–H groups in total. The molecular weight excluding hydrogens is 276 g/mol. The van der Waals surface area contributed by atoms with Crippen LogP contribution in [0.3, 0.4) is 0 Å². The van der Waals surface area contributed by atoms with E-state index in [4.69, 9.17) is 0 Å². The highest BCUT2D eigenvalue weighted by Gasteiger charge is 2.40. The molecule has 0 aromatic carbocycles. The van der Waals surface area contributed by atoms with E-state index in [1.54, 1.807) is 0 Å². The summed E-state index contributed by atoms with van der Waals surface area (Å²) in [5.74, 6) is -0.339. The van der Waals surface area contributed by atoms with Gasteiger partial charge in [0.05, 0.1) is 12.6 Å². The summed E-state index contributed by atoms with van der Waals surface area (Å²) >= 11 is 0.916. The van der Waals surface area contributed by atoms with Gasteiger partial charge in [0.2, 0.25) is 0 Å². The fourth-order valence-corrected chi connectivity index (χ4v) is 4.22. The summed E-state index contributed by atoms with van der Waals surface area (Å²) in [7, 11) is -2.48. The minimum Gasteiger partial charge on any atom is -0.464 e. The largest absolute Gasteiger partial charge is 0.464 e. The average molecular weight is 290 g/mol. The van der Waals surface area contributed by atoms with Crippen molar-refractivity contribution in [1.82, 2.24) is 9.71 Å². The number of nitrogens with one attached hydrogen (secondary N) is 1. The Bertz CT molecular complexity index is 552. The third-order valence-corrected chi connectivity index (χ3v) is 5.77. The lowest BCUT2D eigenvalue weighted by Crippen LogP contribution is -2.27. The third-order valence-electron chi connectivity index (χ3n) is 2.91. The van der Waals surface area contributed by atoms with Crippen LogP contribution >= 0.6 is 11.3 Å². The molecule has 2 rings (SSSR count). The lowest BCUT2D eigenvalue weighted by molar-refractivity contribution is 0.0590. The molecule has 1 aromatic heterocycles. The van der Waals surface area contributed by atoms with Crippen LogP contribution in [-0.2, 0) is 14.8 Å². The zero-order valence-electron chi connectivity index (χ0n) is 10.0. The van der Waals surface area contributed by atoms with Crippen molar-refractivity contribution in [2.45, 2.75) is 30.0 Å². The van der Waals surface area contributed by atoms with Crippen molar-refractivity contribution in [3.8, 4) is 0 Å². The minimum atomic E-state index is -3.68. The first-order chi connectivity index (χ1) is 8.49. The van der Waals surface area contributed by atoms with Crippen molar-refractivity contribution in [2.24, 2.45) is 5.92 Å². The molecule has 1 aliphatic rings. The van der Waals surface area contributed by atoms with Crippen molar-refractivity contribution < 1.29 is 17.9 Å². The molecule has 0 saturated heterocycles. The number of methoxy groups -OCH3 is 1. The fourth-order valence-electron chi connectivity index (χ4n) is 1.75. The van der Waals surface area contributed by atoms with Gasteiger partial charge >= 0.3 is 5.97 Å². The maximum absolute atomic E-state index is 12.1. The monoisotopic (exact) mass is 290 g/mol. The standard InChI is InChI=1S/C10H14N2O4S2/c1-3-6-4-7(6)12-18(14,15)10-8(9(13)16-2)11-5-17-10/h5-7,12H,3-4H2,1-2H3. The number of hydrogen-bond acceptors (Lipinski definition) is 6. The molecule has 1 fully saturated rings. The van der Waals surface area contributed by atoms with Gasteiger partial charge in [0.25, 0.3) is 10.0 Å². The molecule has 8 heteroatoms. The number of hydrogen-bond donors (Lipinski definition) is 1. The van der Waals surface area contributed by atoms with E-state index in [1.807, 2.05) is 6.92 Å². The van der Waals surface area contributed by atoms with Crippen LogP contribution in [0.15, 0.2) is 9.72 Å². The lowest BCUT2D eigenvalue weighted by atomic mass is 10.3. The number of sulfonamides is 1. The second-order valence-corrected chi connectivity index (χ2v) is 6.88. The van der Waals surface area contributed by atoms with E-state index in [9.17, 15) is 13.2 Å². The van der Waals surface area contributed by atoms with E-state index >= 15 is 0 Å². The van der Waals surface area contributed by atoms with E-state index in [-0.39, 0.29) is 15.9 Å². The Morgan fingerprint density at radius 3 is 2.94 bits per heavy atom. The SMILES string of the molecule is CCC1CC1NS(=O)(=O)c1scnc1C(=O)OC. The van der Waals surface area contributed by atoms with E-state index in [0.717, 1.165) is 24.2 Å². The van der Waals surface area contributed by atoms with Gasteiger partial charge in [-0.2, -0.15) is 0 Å². The summed E-state index contributed by atoms with van der Waals surface area (Å²) in [5.41, 5.74) is 1.18. The molecule has 1 aliphatic carbocycles. The number of rotatable bonds is 5. The first-order valence-corrected chi connectivity index (χ1v) is 7.90. The number of esters is 1. The Labute approximate surface area is 109 Å². The number of carbonyl (C=O) groups is 1. The summed E-state index contributed by atoms with van der Waals surface area (Å²) < 4.78 is 31.2. The molecule has 2 unspecified atom stereocenters. The minimum absolute atomic E-state index is 0.0207. The van der Waals surface area contributed by atoms with Gasteiger partial charge in [-0.1, -0.05) is 13.3 Å². The maximum atomic E-state index is 12.1. The van der Waals surface area contributed by atoms with Crippen LogP contribution in [0.25, 0.3) is 0 Å². The highest BCUT2D eigenvalue weighted by Crippen LogP contribution is 2.35. The second kappa shape index (κ2) is 4.94. The van der Waals surface area contributed by atoms with Gasteiger partial charge in [-0.3, -0.25) is 0 Å². The van der Waals surface area contributed by atoms with Crippen LogP contribution in [0.1, 0.15) is 30.3 Å². The van der Waals surface area contributed by atoms with Crippen LogP contribution in [0.4, 0.5) is 0 Å². The molecular formula is C10H14N2O4S2. The molecule has 0 amide bonds. The summed E-state index contributed by atoms with van der Waals surface area (Å²) in [5, 5.41) is 0. The lowest BCUT2D eigenvalue weighted by Gasteiger charge is -2.05. The van der Waals surface area contributed by atoms with E-state index < -0.39 is 16.0 Å². The predicted molar refractivity (Wildman–Crippen MR) is 66.0 cm³/mol. The Balaban J connectivity index is 2.20. The molecule has 1 aromatic rings. The number of ether oxygens (including phenoxy) is 1. The summed E-state index contributed by atoms with van der Waals surface area (Å²) in [6.07, 6.45) is 1.79. The van der Waals surface area contributed by atoms with Crippen LogP contribution in [0, 0.1) is 5.92 Å². The number of carbonyl (C=O) groups excluding carboxylic acids is 1. The zero-order chi connectivity index (χ0) is 13.3. The molecule has 100 valence electrons. The third kappa shape index (κ3) is 2.55. The fraction of sp³-hybridized carbons (Fsp3) is 0.600. The van der Waals surface area contributed by atoms with Crippen LogP contribution in [0.5, 0.6) is 0 Å². The Morgan fingerprint density at radius 2 is 2.39 bits per heavy atom. The first kappa shape index (κ1) is 13.4. The highest BCUT2D eigenvalue weighted by atomic mass is 32.2. The van der Waals surface area contributed by atoms with Crippen molar-refractivity contribution in [3.05, 3.63) is 11.2 Å². The van der Waals surface area contributed by atoms with Crippen LogP contribution in [-0.4, -0.2) is 32.5 Å². The zero-order valence-corrected chi connectivity index (χ0v) is 11.7. The van der Waals surface area contributed by atoms with Gasteiger partial charge in [-0.15, -0.1) is 11.3 Å². The van der Waals surface area contributed by atoms with Gasteiger partial charge < -0.3 is 4.74 Å². The molecule has 1 heterocycles. The van der Waals surface area contributed by atoms with E-state index in [0.29, 0.717) is 5.92 Å². The van der Waals surface area contributed by atoms with Crippen molar-refractivity contribution >= 4 is 27.3 Å². The van der Waals surface area contributed by atoms with Crippen molar-refractivity contribution in [1.29, 1.82) is 0 Å². The molecule has 18 heavy (non-hydrogen) atoms. The summed E-state index contributed by atoms with van der Waals surface area (Å²) in [6, 6.07) is -0.0207. The molecule has 1 saturated carbocycles. The average Bonchev–Trinajstić information content (AvgIpc) is 2.89. The van der Waals surface area contributed by atoms with Crippen LogP contribution < -0.4 is 4.72 Å². The van der Waals surface area contributed by atoms with Gasteiger partial charge in [0.15, 0.2) is 9.90 Å². The smallest absolute Gasteiger partial charge is 0.358 e. The van der Waals surface area contributed by atoms with Gasteiger partial charge in [-0.25, -0.2) is 22.9 Å². The van der Waals surface area contributed by atoms with E-state index in [1.165, 1.54) is 12.6 Å². The van der Waals surface area contributed by atoms with Gasteiger partial charge in [0.1, 0.15) is 0 Å². The quantitative estimate of drug-likeness (QED) is 0.818. The normalized spacial score (nSPS) is 22.8. The number of nitrogens with zero attached hydrogens (tertiary/aromatic N) is 1. The predicted octanol–water partition coefficient (Wildman–Crippen LogP) is 1.01. The molecule has 0 bridgehead atoms. The second-order valence-electron chi connectivity index (χ2n) is 4.11. The van der Waals surface area contributed by atoms with Gasteiger partial charge in [0, 0.05) is 6.04 Å². The topological polar surface area (TPSA) is 85.4 Å². The maximum Gasteiger partial charge on any atom is 0.358 e. The molecule has 0 radical (unpaired) electrons. The van der Waals surface area contributed by atoms with Gasteiger partial charge in [-0.05, 0) is 12.3 Å². The highest BCUT2D eigenvalue weighted by molar-refractivity contribution is 7.91.